The SMILES string of the molecule is C=C(Cl)C=N. The minimum absolute atomic E-state index is 0.269. The lowest BCUT2D eigenvalue weighted by molar-refractivity contribution is 1.57. The molecular weight excluding hydrogens is 85.5 g/mol. The zero-order chi connectivity index (χ0) is 4.28. The van der Waals surface area contributed by atoms with E-state index >= 15 is 0 Å². The van der Waals surface area contributed by atoms with Crippen LogP contribution in [0.5, 0.6) is 0 Å². The normalized spacial score (nSPS) is 6.60. The topological polar surface area (TPSA) is 23.9 Å². The molecular formula is C3H4ClN. The van der Waals surface area contributed by atoms with Crippen molar-refractivity contribution in [2.24, 2.45) is 0 Å². The number of allylic oxidation sites excluding steroid dienone is 1. The Labute approximate surface area is 35.8 Å². The van der Waals surface area contributed by atoms with Gasteiger partial charge in [-0.2, -0.15) is 0 Å². The fourth-order valence-electron chi connectivity index (χ4n) is 0. The molecule has 1 N–H and O–H groups in total. The summed E-state index contributed by atoms with van der Waals surface area (Å²) in [7, 11) is 0. The van der Waals surface area contributed by atoms with Gasteiger partial charge in [-0.1, -0.05) is 18.2 Å². The van der Waals surface area contributed by atoms with E-state index in [0.29, 0.717) is 0 Å². The van der Waals surface area contributed by atoms with Crippen LogP contribution in [0.4, 0.5) is 0 Å². The maximum Gasteiger partial charge on any atom is 0.0509 e. The Morgan fingerprint density at radius 2 is 2.20 bits per heavy atom. The van der Waals surface area contributed by atoms with Crippen LogP contribution in [-0.2, 0) is 0 Å². The van der Waals surface area contributed by atoms with Crippen LogP contribution < -0.4 is 0 Å². The molecule has 0 radical (unpaired) electrons. The molecule has 0 aliphatic carbocycles. The van der Waals surface area contributed by atoms with Gasteiger partial charge in [0.2, 0.25) is 0 Å². The molecule has 0 aromatic heterocycles. The molecule has 0 bridgehead atoms. The molecule has 1 nitrogen and oxygen atoms in total. The van der Waals surface area contributed by atoms with E-state index in [1.807, 2.05) is 0 Å². The zero-order valence-electron chi connectivity index (χ0n) is 2.66. The maximum absolute atomic E-state index is 6.30. The first-order chi connectivity index (χ1) is 2.27. The van der Waals surface area contributed by atoms with Crippen molar-refractivity contribution in [2.45, 2.75) is 0 Å². The van der Waals surface area contributed by atoms with Gasteiger partial charge in [0.15, 0.2) is 0 Å². The highest BCUT2D eigenvalue weighted by Gasteiger charge is 1.65. The van der Waals surface area contributed by atoms with Crippen molar-refractivity contribution >= 4 is 17.8 Å². The molecule has 0 saturated carbocycles. The average Bonchev–Trinajstić information content (AvgIpc) is 1.38. The molecule has 28 valence electrons. The number of halogens is 1. The Kier molecular flexibility index (Phi) is 1.85. The van der Waals surface area contributed by atoms with Gasteiger partial charge in [-0.25, -0.2) is 0 Å². The van der Waals surface area contributed by atoms with Gasteiger partial charge in [0.05, 0.1) is 5.03 Å². The van der Waals surface area contributed by atoms with Crippen molar-refractivity contribution < 1.29 is 0 Å². The van der Waals surface area contributed by atoms with Gasteiger partial charge >= 0.3 is 0 Å². The van der Waals surface area contributed by atoms with E-state index in [2.05, 4.69) is 6.58 Å². The van der Waals surface area contributed by atoms with Gasteiger partial charge in [-0.15, -0.1) is 0 Å². The van der Waals surface area contributed by atoms with Crippen molar-refractivity contribution in [3.8, 4) is 0 Å². The van der Waals surface area contributed by atoms with Crippen LogP contribution in [0.15, 0.2) is 11.6 Å². The molecule has 0 aliphatic heterocycles. The third kappa shape index (κ3) is 3.70. The molecule has 2 heteroatoms. The third-order valence-electron chi connectivity index (χ3n) is 0.157. The summed E-state index contributed by atoms with van der Waals surface area (Å²) in [6.07, 6.45) is 0.988. The van der Waals surface area contributed by atoms with E-state index in [1.54, 1.807) is 0 Å². The second-order valence-corrected chi connectivity index (χ2v) is 1.08. The van der Waals surface area contributed by atoms with Gasteiger partial charge < -0.3 is 5.41 Å². The van der Waals surface area contributed by atoms with E-state index in [0.717, 1.165) is 6.21 Å². The summed E-state index contributed by atoms with van der Waals surface area (Å²) in [4.78, 5) is 0. The van der Waals surface area contributed by atoms with Gasteiger partial charge in [0.25, 0.3) is 0 Å². The highest BCUT2D eigenvalue weighted by atomic mass is 35.5. The van der Waals surface area contributed by atoms with Crippen molar-refractivity contribution in [1.82, 2.24) is 0 Å². The van der Waals surface area contributed by atoms with Crippen molar-refractivity contribution in [3.63, 3.8) is 0 Å². The van der Waals surface area contributed by atoms with Crippen molar-refractivity contribution in [2.75, 3.05) is 0 Å². The number of nitrogens with one attached hydrogen (secondary N) is 1. The van der Waals surface area contributed by atoms with Gasteiger partial charge in [0, 0.05) is 6.21 Å². The molecule has 0 unspecified atom stereocenters. The lowest BCUT2D eigenvalue weighted by Crippen LogP contribution is -1.58. The minimum atomic E-state index is 0.269. The second-order valence-electron chi connectivity index (χ2n) is 0.591. The molecule has 0 aromatic carbocycles. The molecule has 0 aromatic rings. The monoisotopic (exact) mass is 89.0 g/mol. The van der Waals surface area contributed by atoms with E-state index in [-0.39, 0.29) is 5.03 Å². The third-order valence-corrected chi connectivity index (χ3v) is 0.266. The van der Waals surface area contributed by atoms with Crippen LogP contribution in [0.25, 0.3) is 0 Å². The number of hydrogen-bond donors (Lipinski definition) is 1. The quantitative estimate of drug-likeness (QED) is 0.470. The minimum Gasteiger partial charge on any atom is -0.307 e. The molecule has 0 atom stereocenters. The summed E-state index contributed by atoms with van der Waals surface area (Å²) in [6.45, 7) is 3.20. The van der Waals surface area contributed by atoms with Crippen LogP contribution in [-0.4, -0.2) is 6.21 Å². The fraction of sp³-hybridized carbons (Fsp3) is 0. The summed E-state index contributed by atoms with van der Waals surface area (Å²) < 4.78 is 0. The van der Waals surface area contributed by atoms with Crippen molar-refractivity contribution in [1.29, 1.82) is 5.41 Å². The summed E-state index contributed by atoms with van der Waals surface area (Å²) >= 11 is 5.02. The predicted octanol–water partition coefficient (Wildman–Crippen LogP) is 1.39. The van der Waals surface area contributed by atoms with Crippen LogP contribution >= 0.6 is 11.6 Å². The zero-order valence-corrected chi connectivity index (χ0v) is 3.42. The lowest BCUT2D eigenvalue weighted by Gasteiger charge is -1.66. The first kappa shape index (κ1) is 4.70. The molecule has 0 fully saturated rings. The molecule has 5 heavy (non-hydrogen) atoms. The smallest absolute Gasteiger partial charge is 0.0509 e. The Morgan fingerprint density at radius 3 is 2.20 bits per heavy atom. The predicted molar refractivity (Wildman–Crippen MR) is 23.8 cm³/mol. The largest absolute Gasteiger partial charge is 0.307 e. The first-order valence-electron chi connectivity index (χ1n) is 1.12. The summed E-state index contributed by atoms with van der Waals surface area (Å²) in [6, 6.07) is 0. The Bertz CT molecular complexity index is 57.9. The molecule has 0 aliphatic rings. The maximum atomic E-state index is 6.30. The summed E-state index contributed by atoms with van der Waals surface area (Å²) in [5.41, 5.74) is 0. The fourth-order valence-corrected chi connectivity index (χ4v) is 0. The number of hydrogen-bond acceptors (Lipinski definition) is 1. The Hall–Kier alpha value is -0.300. The van der Waals surface area contributed by atoms with E-state index in [1.165, 1.54) is 0 Å². The molecule has 0 saturated heterocycles. The van der Waals surface area contributed by atoms with Gasteiger partial charge in [-0.05, 0) is 0 Å². The molecule has 0 spiro atoms. The molecule has 0 amide bonds. The van der Waals surface area contributed by atoms with Gasteiger partial charge in [-0.3, -0.25) is 0 Å². The summed E-state index contributed by atoms with van der Waals surface area (Å²) in [5.74, 6) is 0. The van der Waals surface area contributed by atoms with Gasteiger partial charge in [0.1, 0.15) is 0 Å². The Balaban J connectivity index is 3.20. The van der Waals surface area contributed by atoms with Crippen molar-refractivity contribution in [3.05, 3.63) is 11.6 Å². The van der Waals surface area contributed by atoms with E-state index in [9.17, 15) is 0 Å². The van der Waals surface area contributed by atoms with E-state index < -0.39 is 0 Å². The number of rotatable bonds is 1. The van der Waals surface area contributed by atoms with Crippen LogP contribution in [0.3, 0.4) is 0 Å². The van der Waals surface area contributed by atoms with Crippen LogP contribution in [0.2, 0.25) is 0 Å². The van der Waals surface area contributed by atoms with Crippen LogP contribution in [0, 0.1) is 5.41 Å². The molecule has 0 rings (SSSR count). The highest BCUT2D eigenvalue weighted by Crippen LogP contribution is 1.85. The Morgan fingerprint density at radius 1 is 2.00 bits per heavy atom. The highest BCUT2D eigenvalue weighted by molar-refractivity contribution is 6.38. The summed E-state index contributed by atoms with van der Waals surface area (Å²) in [5, 5.41) is 6.57. The average molecular weight is 89.5 g/mol. The second kappa shape index (κ2) is 1.97. The first-order valence-corrected chi connectivity index (χ1v) is 1.50. The lowest BCUT2D eigenvalue weighted by atomic mass is 10.7. The molecule has 0 heterocycles. The van der Waals surface area contributed by atoms with Crippen LogP contribution in [0.1, 0.15) is 0 Å². The van der Waals surface area contributed by atoms with E-state index in [4.69, 9.17) is 17.0 Å². The standard InChI is InChI=1S/C3H4ClN/c1-3(4)2-5/h2,5H,1H2.